The normalized spacial score (nSPS) is 10.7. The molecule has 0 aliphatic rings. The van der Waals surface area contributed by atoms with Gasteiger partial charge < -0.3 is 10.6 Å². The summed E-state index contributed by atoms with van der Waals surface area (Å²) in [4.78, 5) is 34.4. The summed E-state index contributed by atoms with van der Waals surface area (Å²) >= 11 is 0. The summed E-state index contributed by atoms with van der Waals surface area (Å²) in [5.41, 5.74) is 0.799. The number of Topliss-reactive ketones (excluding diaryl/α,β-unsaturated/α-hetero) is 1. The standard InChI is InChI=1S/C15H21N3O3/c1-10(19)11-6-5-7-12(8-11)16-9-13(20)17-14(21)18-15(2,3)4/h5-8,16H,9H2,1-4H3,(H2,17,18,20,21). The first-order chi connectivity index (χ1) is 9.67. The monoisotopic (exact) mass is 291 g/mol. The van der Waals surface area contributed by atoms with Crippen LogP contribution in [0.3, 0.4) is 0 Å². The lowest BCUT2D eigenvalue weighted by atomic mass is 10.1. The minimum Gasteiger partial charge on any atom is -0.376 e. The molecule has 1 aromatic rings. The molecule has 0 aliphatic carbocycles. The fourth-order valence-corrected chi connectivity index (χ4v) is 1.57. The van der Waals surface area contributed by atoms with Gasteiger partial charge in [-0.1, -0.05) is 12.1 Å². The minimum atomic E-state index is -0.535. The molecule has 6 heteroatoms. The van der Waals surface area contributed by atoms with Crippen molar-refractivity contribution in [3.05, 3.63) is 29.8 Å². The molecule has 1 aromatic carbocycles. The molecule has 3 N–H and O–H groups in total. The van der Waals surface area contributed by atoms with Gasteiger partial charge in [-0.15, -0.1) is 0 Å². The average molecular weight is 291 g/mol. The predicted octanol–water partition coefficient (Wildman–Crippen LogP) is 1.93. The van der Waals surface area contributed by atoms with Crippen molar-refractivity contribution in [2.75, 3.05) is 11.9 Å². The van der Waals surface area contributed by atoms with Gasteiger partial charge in [0.1, 0.15) is 0 Å². The zero-order valence-corrected chi connectivity index (χ0v) is 12.7. The largest absolute Gasteiger partial charge is 0.376 e. The van der Waals surface area contributed by atoms with E-state index in [0.717, 1.165) is 0 Å². The molecular formula is C15H21N3O3. The van der Waals surface area contributed by atoms with E-state index in [9.17, 15) is 14.4 Å². The number of anilines is 1. The number of imide groups is 1. The van der Waals surface area contributed by atoms with Crippen LogP contribution in [0, 0.1) is 0 Å². The summed E-state index contributed by atoms with van der Waals surface area (Å²) in [5, 5.41) is 7.72. The molecule has 0 unspecified atom stereocenters. The second-order valence-electron chi connectivity index (χ2n) is 5.74. The first kappa shape index (κ1) is 16.7. The molecular weight excluding hydrogens is 270 g/mol. The average Bonchev–Trinajstić information content (AvgIpc) is 2.34. The number of rotatable bonds is 4. The zero-order chi connectivity index (χ0) is 16.0. The Kier molecular flexibility index (Phi) is 5.46. The van der Waals surface area contributed by atoms with Crippen LogP contribution in [0.25, 0.3) is 0 Å². The molecule has 3 amide bonds. The van der Waals surface area contributed by atoms with E-state index in [0.29, 0.717) is 11.3 Å². The quantitative estimate of drug-likeness (QED) is 0.740. The second-order valence-corrected chi connectivity index (χ2v) is 5.74. The van der Waals surface area contributed by atoms with E-state index >= 15 is 0 Å². The molecule has 6 nitrogen and oxygen atoms in total. The van der Waals surface area contributed by atoms with Gasteiger partial charge >= 0.3 is 6.03 Å². The van der Waals surface area contributed by atoms with E-state index < -0.39 is 17.5 Å². The topological polar surface area (TPSA) is 87.3 Å². The van der Waals surface area contributed by atoms with Crippen LogP contribution < -0.4 is 16.0 Å². The lowest BCUT2D eigenvalue weighted by molar-refractivity contribution is -0.118. The van der Waals surface area contributed by atoms with Gasteiger partial charge in [0.15, 0.2) is 5.78 Å². The molecule has 1 rings (SSSR count). The van der Waals surface area contributed by atoms with Gasteiger partial charge in [-0.05, 0) is 39.8 Å². The number of carbonyl (C=O) groups is 3. The molecule has 0 spiro atoms. The molecule has 0 saturated heterocycles. The van der Waals surface area contributed by atoms with Crippen molar-refractivity contribution < 1.29 is 14.4 Å². The van der Waals surface area contributed by atoms with Crippen molar-refractivity contribution in [3.63, 3.8) is 0 Å². The fourth-order valence-electron chi connectivity index (χ4n) is 1.57. The van der Waals surface area contributed by atoms with E-state index in [4.69, 9.17) is 0 Å². The molecule has 0 bridgehead atoms. The third-order valence-electron chi connectivity index (χ3n) is 2.46. The Labute approximate surface area is 124 Å². The molecule has 114 valence electrons. The summed E-state index contributed by atoms with van der Waals surface area (Å²) in [5.74, 6) is -0.502. The number of amides is 3. The first-order valence-corrected chi connectivity index (χ1v) is 6.64. The van der Waals surface area contributed by atoms with Crippen LogP contribution in [0.5, 0.6) is 0 Å². The highest BCUT2D eigenvalue weighted by atomic mass is 16.2. The second kappa shape index (κ2) is 6.88. The van der Waals surface area contributed by atoms with Crippen molar-refractivity contribution in [2.45, 2.75) is 33.2 Å². The van der Waals surface area contributed by atoms with Crippen molar-refractivity contribution in [1.29, 1.82) is 0 Å². The maximum Gasteiger partial charge on any atom is 0.321 e. The SMILES string of the molecule is CC(=O)c1cccc(NCC(=O)NC(=O)NC(C)(C)C)c1. The van der Waals surface area contributed by atoms with Gasteiger partial charge in [0.25, 0.3) is 0 Å². The van der Waals surface area contributed by atoms with Gasteiger partial charge in [0, 0.05) is 16.8 Å². The van der Waals surface area contributed by atoms with Crippen LogP contribution in [0.2, 0.25) is 0 Å². The highest BCUT2D eigenvalue weighted by Gasteiger charge is 2.15. The van der Waals surface area contributed by atoms with Crippen LogP contribution in [-0.2, 0) is 4.79 Å². The van der Waals surface area contributed by atoms with Gasteiger partial charge in [0.05, 0.1) is 6.54 Å². The van der Waals surface area contributed by atoms with Crippen molar-refractivity contribution in [1.82, 2.24) is 10.6 Å². The molecule has 0 heterocycles. The van der Waals surface area contributed by atoms with Crippen LogP contribution in [0.4, 0.5) is 10.5 Å². The Morgan fingerprint density at radius 3 is 2.38 bits per heavy atom. The predicted molar refractivity (Wildman–Crippen MR) is 81.4 cm³/mol. The summed E-state index contributed by atoms with van der Waals surface area (Å²) in [6, 6.07) is 6.29. The minimum absolute atomic E-state index is 0.0485. The van der Waals surface area contributed by atoms with Crippen LogP contribution in [0.1, 0.15) is 38.1 Å². The van der Waals surface area contributed by atoms with Gasteiger partial charge in [0.2, 0.25) is 5.91 Å². The maximum atomic E-state index is 11.6. The van der Waals surface area contributed by atoms with E-state index in [2.05, 4.69) is 16.0 Å². The lowest BCUT2D eigenvalue weighted by Gasteiger charge is -2.20. The number of nitrogens with one attached hydrogen (secondary N) is 3. The van der Waals surface area contributed by atoms with E-state index in [1.54, 1.807) is 24.3 Å². The van der Waals surface area contributed by atoms with E-state index in [-0.39, 0.29) is 12.3 Å². The van der Waals surface area contributed by atoms with Crippen LogP contribution >= 0.6 is 0 Å². The third-order valence-corrected chi connectivity index (χ3v) is 2.46. The van der Waals surface area contributed by atoms with E-state index in [1.165, 1.54) is 6.92 Å². The lowest BCUT2D eigenvalue weighted by Crippen LogP contribution is -2.49. The van der Waals surface area contributed by atoms with Crippen molar-refractivity contribution in [3.8, 4) is 0 Å². The van der Waals surface area contributed by atoms with Crippen molar-refractivity contribution >= 4 is 23.4 Å². The highest BCUT2D eigenvalue weighted by Crippen LogP contribution is 2.10. The smallest absolute Gasteiger partial charge is 0.321 e. The number of hydrogen-bond donors (Lipinski definition) is 3. The Hall–Kier alpha value is -2.37. The summed E-state index contributed by atoms with van der Waals surface area (Å²) < 4.78 is 0. The molecule has 0 saturated carbocycles. The number of ketones is 1. The molecule has 0 aromatic heterocycles. The summed E-state index contributed by atoms with van der Waals surface area (Å²) in [7, 11) is 0. The molecule has 0 aliphatic heterocycles. The van der Waals surface area contributed by atoms with Gasteiger partial charge in [-0.2, -0.15) is 0 Å². The zero-order valence-electron chi connectivity index (χ0n) is 12.7. The summed E-state index contributed by atoms with van der Waals surface area (Å²) in [6.45, 7) is 6.88. The van der Waals surface area contributed by atoms with Crippen molar-refractivity contribution in [2.24, 2.45) is 0 Å². The van der Waals surface area contributed by atoms with Crippen LogP contribution in [0.15, 0.2) is 24.3 Å². The molecule has 0 fully saturated rings. The molecule has 0 radical (unpaired) electrons. The first-order valence-electron chi connectivity index (χ1n) is 6.64. The fraction of sp³-hybridized carbons (Fsp3) is 0.400. The Balaban J connectivity index is 2.48. The number of urea groups is 1. The van der Waals surface area contributed by atoms with Gasteiger partial charge in [-0.25, -0.2) is 4.79 Å². The number of hydrogen-bond acceptors (Lipinski definition) is 4. The Morgan fingerprint density at radius 2 is 1.81 bits per heavy atom. The number of benzene rings is 1. The molecule has 21 heavy (non-hydrogen) atoms. The maximum absolute atomic E-state index is 11.6. The van der Waals surface area contributed by atoms with Gasteiger partial charge in [-0.3, -0.25) is 14.9 Å². The van der Waals surface area contributed by atoms with Crippen LogP contribution in [-0.4, -0.2) is 29.8 Å². The molecule has 0 atom stereocenters. The third kappa shape index (κ3) is 6.56. The van der Waals surface area contributed by atoms with E-state index in [1.807, 2.05) is 20.8 Å². The Bertz CT molecular complexity index is 547. The Morgan fingerprint density at radius 1 is 1.14 bits per heavy atom. The number of carbonyl (C=O) groups excluding carboxylic acids is 3. The highest BCUT2D eigenvalue weighted by molar-refractivity contribution is 5.97. The summed E-state index contributed by atoms with van der Waals surface area (Å²) in [6.07, 6.45) is 0.